The van der Waals surface area contributed by atoms with Crippen LogP contribution in [0, 0.1) is 0 Å². The van der Waals surface area contributed by atoms with E-state index in [-0.39, 0.29) is 12.1 Å². The predicted octanol–water partition coefficient (Wildman–Crippen LogP) is 4.97. The fraction of sp³-hybridized carbons (Fsp3) is 0.424. The van der Waals surface area contributed by atoms with Gasteiger partial charge in [-0.15, -0.1) is 0 Å². The number of ether oxygens (including phenoxy) is 2. The van der Waals surface area contributed by atoms with Gasteiger partial charge in [0.2, 0.25) is 0 Å². The summed E-state index contributed by atoms with van der Waals surface area (Å²) in [5.74, 6) is 0.888. The third-order valence-corrected chi connectivity index (χ3v) is 6.30. The normalized spacial score (nSPS) is 12.9. The largest absolute Gasteiger partial charge is 0.494 e. The Labute approximate surface area is 239 Å². The van der Waals surface area contributed by atoms with Crippen molar-refractivity contribution in [3.05, 3.63) is 101 Å². The summed E-state index contributed by atoms with van der Waals surface area (Å²) in [6, 6.07) is 27.2. The molecule has 3 aromatic rings. The molecule has 0 aliphatic rings. The van der Waals surface area contributed by atoms with Gasteiger partial charge < -0.3 is 31.2 Å². The topological polar surface area (TPSA) is 97.6 Å². The highest BCUT2D eigenvalue weighted by atomic mass is 16.6. The van der Waals surface area contributed by atoms with Crippen LogP contribution in [0.3, 0.4) is 0 Å². The Balaban J connectivity index is 1.47. The lowest BCUT2D eigenvalue weighted by Crippen LogP contribution is -2.46. The lowest BCUT2D eigenvalue weighted by Gasteiger charge is -2.22. The molecule has 7 nitrogen and oxygen atoms in total. The second kappa shape index (κ2) is 16.0. The van der Waals surface area contributed by atoms with Gasteiger partial charge in [0.15, 0.2) is 0 Å². The number of amides is 1. The van der Waals surface area contributed by atoms with Crippen molar-refractivity contribution in [2.24, 2.45) is 5.73 Å². The number of benzene rings is 3. The van der Waals surface area contributed by atoms with Gasteiger partial charge in [0.05, 0.1) is 6.61 Å². The lowest BCUT2D eigenvalue weighted by molar-refractivity contribution is 0.0523. The van der Waals surface area contributed by atoms with E-state index in [1.807, 2.05) is 58.0 Å². The lowest BCUT2D eigenvalue weighted by atomic mass is 10.0. The van der Waals surface area contributed by atoms with E-state index in [9.17, 15) is 4.79 Å². The third-order valence-electron chi connectivity index (χ3n) is 6.30. The molecule has 0 unspecified atom stereocenters. The smallest absolute Gasteiger partial charge is 0.407 e. The molecule has 0 spiro atoms. The summed E-state index contributed by atoms with van der Waals surface area (Å²) in [6.07, 6.45) is 1.31. The standard InChI is InChI=1S/C33H46N4O3/c1-5-39-31-17-15-26(16-18-31)19-29(34)23-36-30(20-25-9-7-6-8-10-25)24-35-21-27-11-13-28(14-12-27)22-37-32(38)40-33(2,3)4/h6-18,29-30,35-36H,5,19-24,34H2,1-4H3,(H,37,38)/t29-,30+/m1/s1. The van der Waals surface area contributed by atoms with E-state index in [2.05, 4.69) is 64.5 Å². The minimum Gasteiger partial charge on any atom is -0.494 e. The molecule has 0 aromatic heterocycles. The van der Waals surface area contributed by atoms with Gasteiger partial charge in [-0.25, -0.2) is 4.79 Å². The van der Waals surface area contributed by atoms with Crippen molar-refractivity contribution in [1.29, 1.82) is 0 Å². The van der Waals surface area contributed by atoms with Gasteiger partial charge in [-0.2, -0.15) is 0 Å². The van der Waals surface area contributed by atoms with Crippen LogP contribution in [-0.4, -0.2) is 43.5 Å². The van der Waals surface area contributed by atoms with E-state index >= 15 is 0 Å². The maximum Gasteiger partial charge on any atom is 0.407 e. The van der Waals surface area contributed by atoms with E-state index in [4.69, 9.17) is 15.2 Å². The van der Waals surface area contributed by atoms with Crippen LogP contribution >= 0.6 is 0 Å². The zero-order valence-electron chi connectivity index (χ0n) is 24.4. The summed E-state index contributed by atoms with van der Waals surface area (Å²) in [4.78, 5) is 11.9. The van der Waals surface area contributed by atoms with Crippen molar-refractivity contribution in [2.75, 3.05) is 19.7 Å². The summed E-state index contributed by atoms with van der Waals surface area (Å²) in [6.45, 7) is 10.9. The van der Waals surface area contributed by atoms with Gasteiger partial charge >= 0.3 is 6.09 Å². The molecule has 3 aromatic carbocycles. The molecule has 40 heavy (non-hydrogen) atoms. The van der Waals surface area contributed by atoms with Crippen molar-refractivity contribution in [3.8, 4) is 5.75 Å². The third kappa shape index (κ3) is 12.2. The van der Waals surface area contributed by atoms with Crippen LogP contribution in [0.2, 0.25) is 0 Å². The average molecular weight is 547 g/mol. The fourth-order valence-electron chi connectivity index (χ4n) is 4.35. The number of carbonyl (C=O) groups excluding carboxylic acids is 1. The van der Waals surface area contributed by atoms with Gasteiger partial charge in [0.1, 0.15) is 11.4 Å². The van der Waals surface area contributed by atoms with Crippen LogP contribution in [0.25, 0.3) is 0 Å². The molecular weight excluding hydrogens is 500 g/mol. The van der Waals surface area contributed by atoms with Crippen molar-refractivity contribution < 1.29 is 14.3 Å². The molecule has 3 rings (SSSR count). The molecule has 1 amide bonds. The minimum atomic E-state index is -0.506. The Morgan fingerprint density at radius 3 is 2.02 bits per heavy atom. The highest BCUT2D eigenvalue weighted by molar-refractivity contribution is 5.67. The van der Waals surface area contributed by atoms with E-state index in [1.165, 1.54) is 16.7 Å². The number of nitrogens with two attached hydrogens (primary N) is 1. The minimum absolute atomic E-state index is 0.0121. The molecule has 216 valence electrons. The number of hydrogen-bond donors (Lipinski definition) is 4. The summed E-state index contributed by atoms with van der Waals surface area (Å²) in [7, 11) is 0. The SMILES string of the molecule is CCOc1ccc(C[C@@H](N)CN[C@H](CNCc2ccc(CNC(=O)OC(C)(C)C)cc2)Cc2ccccc2)cc1. The summed E-state index contributed by atoms with van der Waals surface area (Å²) < 4.78 is 10.8. The Bertz CT molecular complexity index is 1130. The van der Waals surface area contributed by atoms with Crippen molar-refractivity contribution in [2.45, 2.75) is 71.3 Å². The monoisotopic (exact) mass is 546 g/mol. The Morgan fingerprint density at radius 1 is 0.800 bits per heavy atom. The Morgan fingerprint density at radius 2 is 1.40 bits per heavy atom. The number of hydrogen-bond acceptors (Lipinski definition) is 6. The maximum atomic E-state index is 11.9. The highest BCUT2D eigenvalue weighted by Gasteiger charge is 2.16. The number of carbonyl (C=O) groups is 1. The first-order chi connectivity index (χ1) is 19.2. The zero-order valence-corrected chi connectivity index (χ0v) is 24.4. The first-order valence-electron chi connectivity index (χ1n) is 14.2. The highest BCUT2D eigenvalue weighted by Crippen LogP contribution is 2.13. The van der Waals surface area contributed by atoms with Gasteiger partial charge in [-0.05, 0) is 74.9 Å². The molecule has 7 heteroatoms. The molecule has 0 heterocycles. The first kappa shape index (κ1) is 31.1. The quantitative estimate of drug-likeness (QED) is 0.215. The molecule has 0 fully saturated rings. The van der Waals surface area contributed by atoms with E-state index in [0.717, 1.165) is 43.8 Å². The van der Waals surface area contributed by atoms with Crippen molar-refractivity contribution in [1.82, 2.24) is 16.0 Å². The van der Waals surface area contributed by atoms with E-state index in [0.29, 0.717) is 13.2 Å². The molecule has 0 radical (unpaired) electrons. The molecular formula is C33H46N4O3. The maximum absolute atomic E-state index is 11.9. The van der Waals surface area contributed by atoms with Crippen LogP contribution in [-0.2, 0) is 30.7 Å². The number of nitrogens with one attached hydrogen (secondary N) is 3. The molecule has 0 saturated heterocycles. The van der Waals surface area contributed by atoms with Crippen LogP contribution in [0.15, 0.2) is 78.9 Å². The van der Waals surface area contributed by atoms with Gasteiger partial charge in [-0.3, -0.25) is 0 Å². The van der Waals surface area contributed by atoms with Crippen molar-refractivity contribution in [3.63, 3.8) is 0 Å². The van der Waals surface area contributed by atoms with Crippen LogP contribution in [0.1, 0.15) is 49.9 Å². The van der Waals surface area contributed by atoms with Crippen LogP contribution in [0.4, 0.5) is 4.79 Å². The predicted molar refractivity (Wildman–Crippen MR) is 162 cm³/mol. The molecule has 0 bridgehead atoms. The van der Waals surface area contributed by atoms with Crippen LogP contribution < -0.4 is 26.4 Å². The van der Waals surface area contributed by atoms with E-state index in [1.54, 1.807) is 0 Å². The average Bonchev–Trinajstić information content (AvgIpc) is 2.92. The van der Waals surface area contributed by atoms with Gasteiger partial charge in [-0.1, -0.05) is 66.7 Å². The first-order valence-corrected chi connectivity index (χ1v) is 14.2. The van der Waals surface area contributed by atoms with Gasteiger partial charge in [0, 0.05) is 38.3 Å². The van der Waals surface area contributed by atoms with Crippen molar-refractivity contribution >= 4 is 6.09 Å². The molecule has 0 saturated carbocycles. The van der Waals surface area contributed by atoms with Gasteiger partial charge in [0.25, 0.3) is 0 Å². The summed E-state index contributed by atoms with van der Waals surface area (Å²) >= 11 is 0. The molecule has 5 N–H and O–H groups in total. The second-order valence-corrected chi connectivity index (χ2v) is 11.1. The number of alkyl carbamates (subject to hydrolysis) is 1. The summed E-state index contributed by atoms with van der Waals surface area (Å²) in [5, 5.41) is 10.1. The fourth-order valence-corrected chi connectivity index (χ4v) is 4.35. The summed E-state index contributed by atoms with van der Waals surface area (Å²) in [5.41, 5.74) is 10.7. The second-order valence-electron chi connectivity index (χ2n) is 11.1. The Hall–Kier alpha value is -3.39. The molecule has 0 aliphatic heterocycles. The Kier molecular flexibility index (Phi) is 12.5. The number of rotatable bonds is 15. The molecule has 2 atom stereocenters. The molecule has 0 aliphatic carbocycles. The zero-order chi connectivity index (χ0) is 28.8. The van der Waals surface area contributed by atoms with Crippen LogP contribution in [0.5, 0.6) is 5.75 Å². The van der Waals surface area contributed by atoms with E-state index < -0.39 is 11.7 Å².